The Kier molecular flexibility index (Phi) is 3.59. The Morgan fingerprint density at radius 3 is 2.80 bits per heavy atom. The summed E-state index contributed by atoms with van der Waals surface area (Å²) >= 11 is 1.48. The molecule has 15 heavy (non-hydrogen) atoms. The van der Waals surface area contributed by atoms with Crippen LogP contribution in [0.5, 0.6) is 0 Å². The van der Waals surface area contributed by atoms with Crippen molar-refractivity contribution in [1.82, 2.24) is 4.98 Å². The second-order valence-corrected chi connectivity index (χ2v) is 5.26. The molecule has 3 nitrogen and oxygen atoms in total. The van der Waals surface area contributed by atoms with Gasteiger partial charge in [-0.05, 0) is 31.6 Å². The highest BCUT2D eigenvalue weighted by atomic mass is 32.1. The molecular weight excluding hydrogens is 208 g/mol. The van der Waals surface area contributed by atoms with Crippen LogP contribution < -0.4 is 5.73 Å². The van der Waals surface area contributed by atoms with Gasteiger partial charge in [-0.25, -0.2) is 4.98 Å². The summed E-state index contributed by atoms with van der Waals surface area (Å²) in [6.07, 6.45) is 5.42. The number of anilines is 1. The Hall–Kier alpha value is -0.610. The molecule has 0 aliphatic heterocycles. The van der Waals surface area contributed by atoms with Gasteiger partial charge in [0.25, 0.3) is 0 Å². The van der Waals surface area contributed by atoms with Gasteiger partial charge in [-0.3, -0.25) is 0 Å². The Morgan fingerprint density at radius 1 is 1.47 bits per heavy atom. The third kappa shape index (κ3) is 3.18. The molecule has 1 aromatic rings. The van der Waals surface area contributed by atoms with Crippen LogP contribution in [0, 0.1) is 5.92 Å². The van der Waals surface area contributed by atoms with Crippen LogP contribution in [0.2, 0.25) is 0 Å². The maximum atomic E-state index is 5.82. The van der Waals surface area contributed by atoms with Gasteiger partial charge in [0, 0.05) is 5.38 Å². The Balaban J connectivity index is 1.74. The number of rotatable bonds is 3. The van der Waals surface area contributed by atoms with Gasteiger partial charge in [0.05, 0.1) is 18.4 Å². The normalized spacial score (nSPS) is 26.7. The first-order valence-electron chi connectivity index (χ1n) is 5.55. The van der Waals surface area contributed by atoms with E-state index >= 15 is 0 Å². The lowest BCUT2D eigenvalue weighted by atomic mass is 9.89. The van der Waals surface area contributed by atoms with Gasteiger partial charge >= 0.3 is 0 Å². The summed E-state index contributed by atoms with van der Waals surface area (Å²) in [6, 6.07) is 0. The van der Waals surface area contributed by atoms with E-state index in [-0.39, 0.29) is 0 Å². The molecule has 1 aliphatic rings. The minimum absolute atomic E-state index is 0.434. The van der Waals surface area contributed by atoms with Crippen molar-refractivity contribution in [1.29, 1.82) is 0 Å². The Bertz CT molecular complexity index is 305. The van der Waals surface area contributed by atoms with Crippen molar-refractivity contribution in [3.63, 3.8) is 0 Å². The van der Waals surface area contributed by atoms with E-state index in [4.69, 9.17) is 10.5 Å². The zero-order valence-electron chi connectivity index (χ0n) is 9.11. The molecule has 0 radical (unpaired) electrons. The minimum atomic E-state index is 0.434. The predicted octanol–water partition coefficient (Wildman–Crippen LogP) is 2.82. The van der Waals surface area contributed by atoms with Crippen LogP contribution in [-0.2, 0) is 11.3 Å². The highest BCUT2D eigenvalue weighted by Gasteiger charge is 2.18. The molecular formula is C11H18N2OS. The van der Waals surface area contributed by atoms with Crippen LogP contribution in [0.3, 0.4) is 0 Å². The number of aromatic nitrogens is 1. The van der Waals surface area contributed by atoms with Gasteiger partial charge < -0.3 is 10.5 Å². The first-order chi connectivity index (χ1) is 7.24. The Morgan fingerprint density at radius 2 is 2.20 bits per heavy atom. The first-order valence-corrected chi connectivity index (χ1v) is 6.43. The smallest absolute Gasteiger partial charge is 0.180 e. The van der Waals surface area contributed by atoms with Crippen molar-refractivity contribution in [3.8, 4) is 0 Å². The molecule has 2 rings (SSSR count). The van der Waals surface area contributed by atoms with Gasteiger partial charge in [-0.1, -0.05) is 6.92 Å². The third-order valence-corrected chi connectivity index (χ3v) is 3.72. The molecule has 84 valence electrons. The number of ether oxygens (including phenoxy) is 1. The lowest BCUT2D eigenvalue weighted by Crippen LogP contribution is -2.20. The zero-order chi connectivity index (χ0) is 10.7. The van der Waals surface area contributed by atoms with Crippen LogP contribution in [0.4, 0.5) is 5.13 Å². The first kappa shape index (κ1) is 10.9. The molecule has 1 heterocycles. The summed E-state index contributed by atoms with van der Waals surface area (Å²) in [5.74, 6) is 0.875. The molecule has 1 saturated carbocycles. The predicted molar refractivity (Wildman–Crippen MR) is 62.7 cm³/mol. The number of hydrogen-bond donors (Lipinski definition) is 1. The standard InChI is InChI=1S/C11H18N2OS/c1-8-2-4-10(5-3-8)14-6-9-7-15-11(12)13-9/h7-8,10H,2-6H2,1H3,(H2,12,13). The van der Waals surface area contributed by atoms with Crippen molar-refractivity contribution >= 4 is 16.5 Å². The molecule has 0 aromatic carbocycles. The van der Waals surface area contributed by atoms with E-state index in [2.05, 4.69) is 11.9 Å². The minimum Gasteiger partial charge on any atom is -0.375 e. The lowest BCUT2D eigenvalue weighted by molar-refractivity contribution is 0.00752. The van der Waals surface area contributed by atoms with Crippen LogP contribution in [-0.4, -0.2) is 11.1 Å². The fourth-order valence-electron chi connectivity index (χ4n) is 1.99. The average molecular weight is 226 g/mol. The van der Waals surface area contributed by atoms with Crippen LogP contribution in [0.25, 0.3) is 0 Å². The highest BCUT2D eigenvalue weighted by molar-refractivity contribution is 7.13. The van der Waals surface area contributed by atoms with Crippen molar-refractivity contribution in [3.05, 3.63) is 11.1 Å². The van der Waals surface area contributed by atoms with Crippen LogP contribution in [0.1, 0.15) is 38.3 Å². The lowest BCUT2D eigenvalue weighted by Gasteiger charge is -2.25. The van der Waals surface area contributed by atoms with Gasteiger partial charge in [0.1, 0.15) is 0 Å². The number of thiazole rings is 1. The van der Waals surface area contributed by atoms with E-state index in [0.29, 0.717) is 17.8 Å². The molecule has 0 spiro atoms. The second kappa shape index (κ2) is 4.94. The molecule has 4 heteroatoms. The molecule has 2 N–H and O–H groups in total. The number of nitrogens with zero attached hydrogens (tertiary/aromatic N) is 1. The van der Waals surface area contributed by atoms with Crippen molar-refractivity contribution in [2.24, 2.45) is 5.92 Å². The number of nitrogen functional groups attached to an aromatic ring is 1. The summed E-state index contributed by atoms with van der Waals surface area (Å²) in [5, 5.41) is 2.60. The summed E-state index contributed by atoms with van der Waals surface area (Å²) < 4.78 is 5.82. The van der Waals surface area contributed by atoms with Crippen molar-refractivity contribution < 1.29 is 4.74 Å². The monoisotopic (exact) mass is 226 g/mol. The van der Waals surface area contributed by atoms with Crippen molar-refractivity contribution in [2.75, 3.05) is 5.73 Å². The van der Waals surface area contributed by atoms with Crippen LogP contribution >= 0.6 is 11.3 Å². The molecule has 0 bridgehead atoms. The SMILES string of the molecule is CC1CCC(OCc2csc(N)n2)CC1. The molecule has 0 unspecified atom stereocenters. The van der Waals surface area contributed by atoms with E-state index in [1.165, 1.54) is 37.0 Å². The maximum Gasteiger partial charge on any atom is 0.180 e. The highest BCUT2D eigenvalue weighted by Crippen LogP contribution is 2.26. The summed E-state index contributed by atoms with van der Waals surface area (Å²) in [6.45, 7) is 2.93. The van der Waals surface area contributed by atoms with Gasteiger partial charge in [0.15, 0.2) is 5.13 Å². The van der Waals surface area contributed by atoms with Crippen molar-refractivity contribution in [2.45, 2.75) is 45.3 Å². The fourth-order valence-corrected chi connectivity index (χ4v) is 2.54. The number of nitrogens with two attached hydrogens (primary N) is 1. The summed E-state index contributed by atoms with van der Waals surface area (Å²) in [7, 11) is 0. The maximum absolute atomic E-state index is 5.82. The molecule has 0 amide bonds. The van der Waals surface area contributed by atoms with Gasteiger partial charge in [0.2, 0.25) is 0 Å². The largest absolute Gasteiger partial charge is 0.375 e. The van der Waals surface area contributed by atoms with E-state index in [0.717, 1.165) is 11.6 Å². The zero-order valence-corrected chi connectivity index (χ0v) is 9.93. The van der Waals surface area contributed by atoms with Gasteiger partial charge in [-0.2, -0.15) is 0 Å². The van der Waals surface area contributed by atoms with Crippen LogP contribution in [0.15, 0.2) is 5.38 Å². The third-order valence-electron chi connectivity index (χ3n) is 3.00. The fraction of sp³-hybridized carbons (Fsp3) is 0.727. The molecule has 1 aromatic heterocycles. The van der Waals surface area contributed by atoms with E-state index in [1.807, 2.05) is 5.38 Å². The molecule has 0 atom stereocenters. The van der Waals surface area contributed by atoms with E-state index < -0.39 is 0 Å². The van der Waals surface area contributed by atoms with Gasteiger partial charge in [-0.15, -0.1) is 11.3 Å². The summed E-state index contributed by atoms with van der Waals surface area (Å²) in [5.41, 5.74) is 6.53. The van der Waals surface area contributed by atoms with E-state index in [1.54, 1.807) is 0 Å². The Labute approximate surface area is 94.7 Å². The summed E-state index contributed by atoms with van der Waals surface area (Å²) in [4.78, 5) is 4.18. The molecule has 0 saturated heterocycles. The number of hydrogen-bond acceptors (Lipinski definition) is 4. The van der Waals surface area contributed by atoms with E-state index in [9.17, 15) is 0 Å². The molecule has 1 fully saturated rings. The topological polar surface area (TPSA) is 48.1 Å². The molecule has 1 aliphatic carbocycles. The quantitative estimate of drug-likeness (QED) is 0.862. The average Bonchev–Trinajstić information content (AvgIpc) is 2.64. The second-order valence-electron chi connectivity index (χ2n) is 4.37.